The van der Waals surface area contributed by atoms with E-state index in [0.717, 1.165) is 5.56 Å². The van der Waals surface area contributed by atoms with Gasteiger partial charge in [-0.1, -0.05) is 29.8 Å². The zero-order valence-electron chi connectivity index (χ0n) is 13.2. The first kappa shape index (κ1) is 17.7. The van der Waals surface area contributed by atoms with Crippen LogP contribution < -0.4 is 15.4 Å². The van der Waals surface area contributed by atoms with E-state index < -0.39 is 0 Å². The number of pyridine rings is 1. The number of hydrogen-bond donors (Lipinski definition) is 2. The van der Waals surface area contributed by atoms with Crippen molar-refractivity contribution in [2.45, 2.75) is 13.0 Å². The molecule has 0 fully saturated rings. The van der Waals surface area contributed by atoms with Crippen LogP contribution >= 0.6 is 11.6 Å². The largest absolute Gasteiger partial charge is 0.481 e. The highest BCUT2D eigenvalue weighted by molar-refractivity contribution is 6.33. The number of amides is 2. The summed E-state index contributed by atoms with van der Waals surface area (Å²) in [5.74, 6) is 0.0605. The molecule has 24 heavy (non-hydrogen) atoms. The number of nitrogens with one attached hydrogen (secondary N) is 2. The molecule has 1 heterocycles. The molecule has 1 aromatic heterocycles. The van der Waals surface area contributed by atoms with Crippen molar-refractivity contribution < 1.29 is 14.3 Å². The molecule has 0 radical (unpaired) electrons. The molecule has 2 N–H and O–H groups in total. The van der Waals surface area contributed by atoms with Crippen LogP contribution in [0.25, 0.3) is 0 Å². The van der Waals surface area contributed by atoms with Gasteiger partial charge in [-0.2, -0.15) is 0 Å². The van der Waals surface area contributed by atoms with Gasteiger partial charge in [0.05, 0.1) is 17.7 Å². The minimum Gasteiger partial charge on any atom is -0.481 e. The van der Waals surface area contributed by atoms with Gasteiger partial charge in [0.15, 0.2) is 0 Å². The van der Waals surface area contributed by atoms with Crippen molar-refractivity contribution >= 4 is 23.4 Å². The summed E-state index contributed by atoms with van der Waals surface area (Å²) in [6.45, 7) is 0.602. The third-order valence-corrected chi connectivity index (χ3v) is 3.58. The van der Waals surface area contributed by atoms with Crippen molar-refractivity contribution in [2.75, 3.05) is 13.7 Å². The van der Waals surface area contributed by atoms with Gasteiger partial charge in [-0.3, -0.25) is 9.59 Å². The van der Waals surface area contributed by atoms with Crippen LogP contribution in [0.4, 0.5) is 0 Å². The SMILES string of the molecule is COc1ccc(CNC(=O)CCNC(=O)c2ccccc2Cl)cn1. The average Bonchev–Trinajstić information content (AvgIpc) is 2.60. The molecule has 0 spiro atoms. The van der Waals surface area contributed by atoms with E-state index in [9.17, 15) is 9.59 Å². The summed E-state index contributed by atoms with van der Waals surface area (Å²) < 4.78 is 4.97. The minimum absolute atomic E-state index is 0.162. The van der Waals surface area contributed by atoms with Crippen LogP contribution in [0.2, 0.25) is 5.02 Å². The second-order valence-electron chi connectivity index (χ2n) is 4.97. The Morgan fingerprint density at radius 1 is 1.17 bits per heavy atom. The number of aromatic nitrogens is 1. The molecule has 0 aliphatic rings. The topological polar surface area (TPSA) is 80.3 Å². The summed E-state index contributed by atoms with van der Waals surface area (Å²) in [6, 6.07) is 10.3. The van der Waals surface area contributed by atoms with Crippen molar-refractivity contribution in [1.29, 1.82) is 0 Å². The van der Waals surface area contributed by atoms with E-state index in [-0.39, 0.29) is 24.8 Å². The standard InChI is InChI=1S/C17H18ClN3O3/c1-24-16-7-6-12(11-21-16)10-20-15(22)8-9-19-17(23)13-4-2-3-5-14(13)18/h2-7,11H,8-10H2,1H3,(H,19,23)(H,20,22). The molecule has 6 nitrogen and oxygen atoms in total. The van der Waals surface area contributed by atoms with E-state index >= 15 is 0 Å². The van der Waals surface area contributed by atoms with Gasteiger partial charge in [-0.25, -0.2) is 4.98 Å². The van der Waals surface area contributed by atoms with Crippen LogP contribution in [0.3, 0.4) is 0 Å². The quantitative estimate of drug-likeness (QED) is 0.804. The van der Waals surface area contributed by atoms with Gasteiger partial charge in [0, 0.05) is 31.8 Å². The number of carbonyl (C=O) groups excluding carboxylic acids is 2. The van der Waals surface area contributed by atoms with Crippen molar-refractivity contribution in [3.8, 4) is 5.88 Å². The summed E-state index contributed by atoms with van der Waals surface area (Å²) in [7, 11) is 1.54. The summed E-state index contributed by atoms with van der Waals surface area (Å²) in [5, 5.41) is 5.82. The summed E-state index contributed by atoms with van der Waals surface area (Å²) in [4.78, 5) is 27.8. The highest BCUT2D eigenvalue weighted by atomic mass is 35.5. The molecule has 2 aromatic rings. The van der Waals surface area contributed by atoms with E-state index in [1.807, 2.05) is 6.07 Å². The van der Waals surface area contributed by atoms with Crippen LogP contribution in [0.1, 0.15) is 22.3 Å². The Morgan fingerprint density at radius 3 is 2.62 bits per heavy atom. The van der Waals surface area contributed by atoms with E-state index in [0.29, 0.717) is 23.0 Å². The predicted molar refractivity (Wildman–Crippen MR) is 91.0 cm³/mol. The Morgan fingerprint density at radius 2 is 1.96 bits per heavy atom. The van der Waals surface area contributed by atoms with Gasteiger partial charge in [0.1, 0.15) is 0 Å². The third-order valence-electron chi connectivity index (χ3n) is 3.25. The lowest BCUT2D eigenvalue weighted by Gasteiger charge is -2.08. The van der Waals surface area contributed by atoms with E-state index in [1.165, 1.54) is 0 Å². The van der Waals surface area contributed by atoms with Gasteiger partial charge in [0.25, 0.3) is 5.91 Å². The fourth-order valence-electron chi connectivity index (χ4n) is 1.96. The van der Waals surface area contributed by atoms with Gasteiger partial charge < -0.3 is 15.4 Å². The van der Waals surface area contributed by atoms with E-state index in [4.69, 9.17) is 16.3 Å². The molecule has 0 aliphatic heterocycles. The number of carbonyl (C=O) groups is 2. The van der Waals surface area contributed by atoms with Crippen molar-refractivity contribution in [2.24, 2.45) is 0 Å². The number of methoxy groups -OCH3 is 1. The van der Waals surface area contributed by atoms with Crippen LogP contribution in [0, 0.1) is 0 Å². The highest BCUT2D eigenvalue weighted by Crippen LogP contribution is 2.14. The summed E-state index contributed by atoms with van der Waals surface area (Å²) in [6.07, 6.45) is 1.82. The number of nitrogens with zero attached hydrogens (tertiary/aromatic N) is 1. The van der Waals surface area contributed by atoms with Gasteiger partial charge in [-0.15, -0.1) is 0 Å². The maximum atomic E-state index is 11.9. The number of ether oxygens (including phenoxy) is 1. The molecule has 1 aromatic carbocycles. The Bertz CT molecular complexity index is 704. The first-order chi connectivity index (χ1) is 11.6. The molecule has 0 aliphatic carbocycles. The van der Waals surface area contributed by atoms with Crippen LogP contribution in [0.5, 0.6) is 5.88 Å². The predicted octanol–water partition coefficient (Wildman–Crippen LogP) is 2.18. The van der Waals surface area contributed by atoms with E-state index in [1.54, 1.807) is 43.6 Å². The highest BCUT2D eigenvalue weighted by Gasteiger charge is 2.09. The molecule has 0 saturated carbocycles. The Labute approximate surface area is 145 Å². The average molecular weight is 348 g/mol. The molecule has 0 unspecified atom stereocenters. The fourth-order valence-corrected chi connectivity index (χ4v) is 2.18. The molecular formula is C17H18ClN3O3. The number of rotatable bonds is 7. The van der Waals surface area contributed by atoms with Gasteiger partial charge in [0.2, 0.25) is 11.8 Å². The molecule has 7 heteroatoms. The van der Waals surface area contributed by atoms with Crippen LogP contribution in [-0.4, -0.2) is 30.5 Å². The van der Waals surface area contributed by atoms with Crippen molar-refractivity contribution in [3.63, 3.8) is 0 Å². The van der Waals surface area contributed by atoms with Crippen LogP contribution in [0.15, 0.2) is 42.6 Å². The molecule has 126 valence electrons. The molecule has 0 bridgehead atoms. The van der Waals surface area contributed by atoms with Crippen molar-refractivity contribution in [3.05, 3.63) is 58.7 Å². The maximum absolute atomic E-state index is 11.9. The number of hydrogen-bond acceptors (Lipinski definition) is 4. The lowest BCUT2D eigenvalue weighted by molar-refractivity contribution is -0.121. The smallest absolute Gasteiger partial charge is 0.252 e. The van der Waals surface area contributed by atoms with Gasteiger partial charge in [-0.05, 0) is 17.7 Å². The zero-order chi connectivity index (χ0) is 17.4. The monoisotopic (exact) mass is 347 g/mol. The Hall–Kier alpha value is -2.60. The maximum Gasteiger partial charge on any atom is 0.252 e. The number of halogens is 1. The Kier molecular flexibility index (Phi) is 6.57. The van der Waals surface area contributed by atoms with Crippen molar-refractivity contribution in [1.82, 2.24) is 15.6 Å². The normalized spacial score (nSPS) is 10.1. The first-order valence-electron chi connectivity index (χ1n) is 7.38. The molecular weight excluding hydrogens is 330 g/mol. The molecule has 0 saturated heterocycles. The lowest BCUT2D eigenvalue weighted by Crippen LogP contribution is -2.30. The lowest BCUT2D eigenvalue weighted by atomic mass is 10.2. The molecule has 2 amide bonds. The van der Waals surface area contributed by atoms with Gasteiger partial charge >= 0.3 is 0 Å². The minimum atomic E-state index is -0.298. The summed E-state index contributed by atoms with van der Waals surface area (Å²) >= 11 is 5.94. The second kappa shape index (κ2) is 8.88. The second-order valence-corrected chi connectivity index (χ2v) is 5.38. The molecule has 2 rings (SSSR count). The Balaban J connectivity index is 1.71. The van der Waals surface area contributed by atoms with E-state index in [2.05, 4.69) is 15.6 Å². The first-order valence-corrected chi connectivity index (χ1v) is 7.76. The summed E-state index contributed by atoms with van der Waals surface area (Å²) in [5.41, 5.74) is 1.26. The number of benzene rings is 1. The third kappa shape index (κ3) is 5.24. The van der Waals surface area contributed by atoms with Crippen LogP contribution in [-0.2, 0) is 11.3 Å². The molecule has 0 atom stereocenters. The zero-order valence-corrected chi connectivity index (χ0v) is 14.0. The fraction of sp³-hybridized carbons (Fsp3) is 0.235.